The summed E-state index contributed by atoms with van der Waals surface area (Å²) in [7, 11) is 0. The molecule has 0 aromatic carbocycles. The van der Waals surface area contributed by atoms with Crippen molar-refractivity contribution in [1.82, 2.24) is 11.2 Å². The van der Waals surface area contributed by atoms with Gasteiger partial charge in [0.1, 0.15) is 0 Å². The Morgan fingerprint density at radius 1 is 1.06 bits per heavy atom. The molecule has 104 valence electrons. The summed E-state index contributed by atoms with van der Waals surface area (Å²) < 4.78 is 0. The normalized spacial score (nSPS) is 22.9. The van der Waals surface area contributed by atoms with Crippen molar-refractivity contribution in [3.05, 3.63) is 0 Å². The summed E-state index contributed by atoms with van der Waals surface area (Å²) in [6.45, 7) is 8.09. The first kappa shape index (κ1) is 25.8. The Balaban J connectivity index is -0.000000180. The van der Waals surface area contributed by atoms with E-state index in [1.54, 1.807) is 0 Å². The molecule has 0 aromatic rings. The van der Waals surface area contributed by atoms with Gasteiger partial charge >= 0.3 is 21.1 Å². The van der Waals surface area contributed by atoms with E-state index in [9.17, 15) is 5.21 Å². The van der Waals surface area contributed by atoms with Crippen molar-refractivity contribution in [3.63, 3.8) is 0 Å². The van der Waals surface area contributed by atoms with Crippen molar-refractivity contribution < 1.29 is 51.1 Å². The molecule has 7 heteroatoms. The third kappa shape index (κ3) is 5.63. The van der Waals surface area contributed by atoms with Crippen LogP contribution in [0, 0.1) is 0 Å². The summed E-state index contributed by atoms with van der Waals surface area (Å²) >= 11 is 0. The van der Waals surface area contributed by atoms with Gasteiger partial charge in [0.15, 0.2) is 0 Å². The van der Waals surface area contributed by atoms with E-state index in [4.69, 9.17) is 5.73 Å². The second kappa shape index (κ2) is 8.25. The maximum absolute atomic E-state index is 9.86. The number of hydroxylamine groups is 2. The zero-order valence-electron chi connectivity index (χ0n) is 10.2. The molecule has 16 heavy (non-hydrogen) atoms. The van der Waals surface area contributed by atoms with Gasteiger partial charge < -0.3 is 41.9 Å². The predicted molar refractivity (Wildman–Crippen MR) is 54.0 cm³/mol. The summed E-state index contributed by atoms with van der Waals surface area (Å²) in [5.74, 6) is 0. The first-order valence-corrected chi connectivity index (χ1v) is 4.50. The van der Waals surface area contributed by atoms with Crippen LogP contribution in [0.3, 0.4) is 0 Å². The fourth-order valence-electron chi connectivity index (χ4n) is 2.35. The molecule has 1 heterocycles. The van der Waals surface area contributed by atoms with Crippen LogP contribution < -0.4 is 36.7 Å². The standard InChI is InChI=1S/C9H20N2O.2ClH.H3N.Pt/c1-8(2)5-7(10)6-9(3,4)11(8)12;;;;/h7,12H,5-6,10H2,1-4H3;2*1H;1H3;/q;;;;+2/p-2. The first-order valence-electron chi connectivity index (χ1n) is 4.50. The summed E-state index contributed by atoms with van der Waals surface area (Å²) in [4.78, 5) is 0. The summed E-state index contributed by atoms with van der Waals surface area (Å²) in [5.41, 5.74) is 5.52. The van der Waals surface area contributed by atoms with Crippen molar-refractivity contribution >= 4 is 0 Å². The monoisotopic (exact) mass is 454 g/mol. The molecule has 4 nitrogen and oxygen atoms in total. The third-order valence-corrected chi connectivity index (χ3v) is 2.67. The summed E-state index contributed by atoms with van der Waals surface area (Å²) in [6.07, 6.45) is 1.71. The molecule has 0 unspecified atom stereocenters. The van der Waals surface area contributed by atoms with Crippen LogP contribution in [0.2, 0.25) is 0 Å². The average Bonchev–Trinajstić information content (AvgIpc) is 1.80. The van der Waals surface area contributed by atoms with Crippen LogP contribution in [0.5, 0.6) is 0 Å². The maximum atomic E-state index is 9.86. The van der Waals surface area contributed by atoms with E-state index in [0.29, 0.717) is 0 Å². The van der Waals surface area contributed by atoms with Crippen molar-refractivity contribution in [1.29, 1.82) is 0 Å². The van der Waals surface area contributed by atoms with Gasteiger partial charge in [-0.3, -0.25) is 0 Å². The van der Waals surface area contributed by atoms with Crippen LogP contribution in [0.1, 0.15) is 40.5 Å². The van der Waals surface area contributed by atoms with Crippen LogP contribution in [0.25, 0.3) is 0 Å². The molecule has 1 rings (SSSR count). The van der Waals surface area contributed by atoms with Crippen LogP contribution in [0.15, 0.2) is 0 Å². The fourth-order valence-corrected chi connectivity index (χ4v) is 2.35. The van der Waals surface area contributed by atoms with E-state index in [1.807, 2.05) is 27.7 Å². The van der Waals surface area contributed by atoms with Crippen LogP contribution in [-0.4, -0.2) is 27.4 Å². The van der Waals surface area contributed by atoms with Gasteiger partial charge in [0.25, 0.3) is 0 Å². The van der Waals surface area contributed by atoms with Crippen molar-refractivity contribution in [2.75, 3.05) is 0 Å². The number of rotatable bonds is 0. The van der Waals surface area contributed by atoms with Crippen LogP contribution in [-0.2, 0) is 21.1 Å². The maximum Gasteiger partial charge on any atom is 2.00 e. The molecule has 0 spiro atoms. The minimum absolute atomic E-state index is 0. The molecule has 1 aliphatic rings. The molecule has 0 radical (unpaired) electrons. The van der Waals surface area contributed by atoms with Crippen LogP contribution >= 0.6 is 0 Å². The van der Waals surface area contributed by atoms with E-state index in [1.165, 1.54) is 5.06 Å². The number of nitrogens with two attached hydrogens (primary N) is 1. The molecule has 0 atom stereocenters. The Morgan fingerprint density at radius 2 is 1.31 bits per heavy atom. The summed E-state index contributed by atoms with van der Waals surface area (Å²) in [5, 5.41) is 11.3. The Bertz CT molecular complexity index is 176. The molecule has 0 bridgehead atoms. The Morgan fingerprint density at radius 3 is 1.56 bits per heavy atom. The fraction of sp³-hybridized carbons (Fsp3) is 1.00. The number of halogens is 2. The second-order valence-corrected chi connectivity index (χ2v) is 5.10. The molecule has 0 aliphatic carbocycles. The van der Waals surface area contributed by atoms with Gasteiger partial charge in [-0.05, 0) is 40.5 Å². The van der Waals surface area contributed by atoms with Gasteiger partial charge in [0.2, 0.25) is 0 Å². The van der Waals surface area contributed by atoms with Gasteiger partial charge in [-0.2, -0.15) is 5.06 Å². The molecule has 6 N–H and O–H groups in total. The Hall–Kier alpha value is 1.11. The summed E-state index contributed by atoms with van der Waals surface area (Å²) in [6, 6.07) is 0.207. The van der Waals surface area contributed by atoms with Gasteiger partial charge in [0.05, 0.1) is 0 Å². The third-order valence-electron chi connectivity index (χ3n) is 2.67. The van der Waals surface area contributed by atoms with E-state index >= 15 is 0 Å². The van der Waals surface area contributed by atoms with Gasteiger partial charge in [-0.15, -0.1) is 0 Å². The average molecular weight is 455 g/mol. The Labute approximate surface area is 125 Å². The van der Waals surface area contributed by atoms with E-state index < -0.39 is 0 Å². The molecule has 0 amide bonds. The minimum Gasteiger partial charge on any atom is -1.00 e. The molecule has 1 saturated heterocycles. The van der Waals surface area contributed by atoms with E-state index in [0.717, 1.165) is 12.8 Å². The van der Waals surface area contributed by atoms with Gasteiger partial charge in [-0.25, -0.2) is 0 Å². The first-order chi connectivity index (χ1) is 5.26. The van der Waals surface area contributed by atoms with Crippen molar-refractivity contribution in [3.8, 4) is 0 Å². The van der Waals surface area contributed by atoms with E-state index in [-0.39, 0.29) is 69.1 Å². The molecule has 1 fully saturated rings. The number of hydrogen-bond acceptors (Lipinski definition) is 4. The minimum atomic E-state index is -0.193. The molecule has 0 saturated carbocycles. The molecule has 0 aromatic heterocycles. The number of nitrogens with zero attached hydrogens (tertiary/aromatic N) is 1. The number of hydrogen-bond donors (Lipinski definition) is 3. The van der Waals surface area contributed by atoms with Gasteiger partial charge in [0, 0.05) is 17.1 Å². The number of piperidine rings is 1. The van der Waals surface area contributed by atoms with E-state index in [2.05, 4.69) is 0 Å². The quantitative estimate of drug-likeness (QED) is 0.344. The molecular formula is C9H23Cl2N3OPt. The predicted octanol–water partition coefficient (Wildman–Crippen LogP) is -4.48. The second-order valence-electron chi connectivity index (χ2n) is 5.10. The molecule has 1 aliphatic heterocycles. The van der Waals surface area contributed by atoms with Crippen molar-refractivity contribution in [2.45, 2.75) is 57.7 Å². The van der Waals surface area contributed by atoms with Gasteiger partial charge in [-0.1, -0.05) is 0 Å². The topological polar surface area (TPSA) is 84.5 Å². The largest absolute Gasteiger partial charge is 2.00 e. The Kier molecular flexibility index (Phi) is 13.3. The van der Waals surface area contributed by atoms with Crippen molar-refractivity contribution in [2.24, 2.45) is 5.73 Å². The van der Waals surface area contributed by atoms with Crippen LogP contribution in [0.4, 0.5) is 0 Å². The molecular weight excluding hydrogens is 432 g/mol. The smallest absolute Gasteiger partial charge is 1.00 e. The zero-order valence-corrected chi connectivity index (χ0v) is 14.0. The SMILES string of the molecule is CC1(C)CC(N)CC(C)(C)N1O.N.[Cl-].[Cl-].[Pt+2]. The zero-order chi connectivity index (χ0) is 9.57.